The highest BCUT2D eigenvalue weighted by Crippen LogP contribution is 2.31. The van der Waals surface area contributed by atoms with Crippen molar-refractivity contribution in [3.63, 3.8) is 0 Å². The first-order valence-corrected chi connectivity index (χ1v) is 9.35. The fourth-order valence-corrected chi connectivity index (χ4v) is 4.25. The number of hydrazine groups is 1. The van der Waals surface area contributed by atoms with E-state index in [1.807, 2.05) is 13.0 Å². The zero-order valence-corrected chi connectivity index (χ0v) is 16.0. The van der Waals surface area contributed by atoms with E-state index in [1.54, 1.807) is 13.8 Å². The summed E-state index contributed by atoms with van der Waals surface area (Å²) in [6.07, 6.45) is 7.06. The van der Waals surface area contributed by atoms with Crippen LogP contribution in [0.1, 0.15) is 53.4 Å². The lowest BCUT2D eigenvalue weighted by atomic mass is 9.79. The van der Waals surface area contributed by atoms with Crippen molar-refractivity contribution in [1.29, 1.82) is 5.26 Å². The van der Waals surface area contributed by atoms with E-state index in [9.17, 15) is 10.1 Å². The Morgan fingerprint density at radius 2 is 2.12 bits per heavy atom. The van der Waals surface area contributed by atoms with Crippen LogP contribution in [0.2, 0.25) is 5.15 Å². The minimum Gasteiger partial charge on any atom is -0.348 e. The van der Waals surface area contributed by atoms with Gasteiger partial charge in [0.05, 0.1) is 5.56 Å². The number of fused-ring (bicyclic) bond motifs is 1. The summed E-state index contributed by atoms with van der Waals surface area (Å²) < 4.78 is 0. The van der Waals surface area contributed by atoms with E-state index >= 15 is 0 Å². The Hall–Kier alpha value is -1.94. The standard InChI is InChI=1S/C19H24ClN5O/c1-4-5-15-13-8-12(6-7-16(13)25-24-15)22-19(26)17-11(3)10(2)14(9-21)18(20)23-17/h4-5,12-13,15-16,24-25H,6-8H2,1-3H3,(H,22,26)/b5-4+. The SMILES string of the molecule is C/C=C/C1NNC2CCC(NC(=O)c3nc(Cl)c(C#N)c(C)c3C)CC12. The summed E-state index contributed by atoms with van der Waals surface area (Å²) in [5.41, 5.74) is 8.74. The normalized spacial score (nSPS) is 28.0. The number of pyridine rings is 1. The van der Waals surface area contributed by atoms with E-state index in [2.05, 4.69) is 33.3 Å². The van der Waals surface area contributed by atoms with Crippen molar-refractivity contribution >= 4 is 17.5 Å². The molecule has 2 aliphatic rings. The molecule has 0 radical (unpaired) electrons. The topological polar surface area (TPSA) is 89.8 Å². The second kappa shape index (κ2) is 7.75. The number of carbonyl (C=O) groups excluding carboxylic acids is 1. The third-order valence-corrected chi connectivity index (χ3v) is 5.84. The second-order valence-corrected chi connectivity index (χ2v) is 7.44. The van der Waals surface area contributed by atoms with Crippen LogP contribution >= 0.6 is 11.6 Å². The summed E-state index contributed by atoms with van der Waals surface area (Å²) in [7, 11) is 0. The van der Waals surface area contributed by atoms with Gasteiger partial charge >= 0.3 is 0 Å². The molecule has 1 saturated carbocycles. The van der Waals surface area contributed by atoms with Crippen LogP contribution in [-0.2, 0) is 0 Å². The maximum atomic E-state index is 12.8. The van der Waals surface area contributed by atoms with Crippen LogP contribution in [0.3, 0.4) is 0 Å². The van der Waals surface area contributed by atoms with Crippen molar-refractivity contribution in [2.24, 2.45) is 5.92 Å². The fraction of sp³-hybridized carbons (Fsp3) is 0.526. The Kier molecular flexibility index (Phi) is 5.61. The molecule has 0 bridgehead atoms. The Morgan fingerprint density at radius 3 is 2.81 bits per heavy atom. The summed E-state index contributed by atoms with van der Waals surface area (Å²) in [4.78, 5) is 17.0. The number of amides is 1. The fourth-order valence-electron chi connectivity index (χ4n) is 3.98. The summed E-state index contributed by atoms with van der Waals surface area (Å²) in [5.74, 6) is 0.229. The van der Waals surface area contributed by atoms with Crippen molar-refractivity contribution in [3.8, 4) is 6.07 Å². The summed E-state index contributed by atoms with van der Waals surface area (Å²) in [5, 5.41) is 12.4. The lowest BCUT2D eigenvalue weighted by Crippen LogP contribution is -2.45. The van der Waals surface area contributed by atoms with E-state index in [-0.39, 0.29) is 23.1 Å². The molecule has 3 N–H and O–H groups in total. The number of hydrogen-bond donors (Lipinski definition) is 3. The van der Waals surface area contributed by atoms with Crippen molar-refractivity contribution in [1.82, 2.24) is 21.2 Å². The monoisotopic (exact) mass is 373 g/mol. The maximum Gasteiger partial charge on any atom is 0.270 e. The molecule has 1 saturated heterocycles. The predicted molar refractivity (Wildman–Crippen MR) is 101 cm³/mol. The average molecular weight is 374 g/mol. The van der Waals surface area contributed by atoms with E-state index in [0.717, 1.165) is 19.3 Å². The van der Waals surface area contributed by atoms with Gasteiger partial charge in [-0.25, -0.2) is 4.98 Å². The van der Waals surface area contributed by atoms with Gasteiger partial charge in [0.25, 0.3) is 5.91 Å². The van der Waals surface area contributed by atoms with Crippen LogP contribution < -0.4 is 16.2 Å². The number of nitriles is 1. The molecule has 3 rings (SSSR count). The van der Waals surface area contributed by atoms with Crippen LogP contribution in [0, 0.1) is 31.1 Å². The van der Waals surface area contributed by atoms with Gasteiger partial charge in [-0.2, -0.15) is 5.26 Å². The first kappa shape index (κ1) is 18.8. The van der Waals surface area contributed by atoms with Crippen LogP contribution in [0.15, 0.2) is 12.2 Å². The Balaban J connectivity index is 1.74. The predicted octanol–water partition coefficient (Wildman–Crippen LogP) is 2.54. The molecule has 1 aliphatic carbocycles. The van der Waals surface area contributed by atoms with Crippen molar-refractivity contribution in [2.75, 3.05) is 0 Å². The molecule has 0 aromatic carbocycles. The van der Waals surface area contributed by atoms with Crippen LogP contribution in [-0.4, -0.2) is 29.0 Å². The summed E-state index contributed by atoms with van der Waals surface area (Å²) in [6, 6.07) is 2.88. The largest absolute Gasteiger partial charge is 0.348 e. The molecule has 1 amide bonds. The molecule has 2 fully saturated rings. The molecule has 138 valence electrons. The van der Waals surface area contributed by atoms with Gasteiger partial charge in [-0.3, -0.25) is 15.6 Å². The molecule has 26 heavy (non-hydrogen) atoms. The summed E-state index contributed by atoms with van der Waals surface area (Å²) >= 11 is 6.08. The Morgan fingerprint density at radius 1 is 1.35 bits per heavy atom. The van der Waals surface area contributed by atoms with E-state index in [1.165, 1.54) is 0 Å². The van der Waals surface area contributed by atoms with Gasteiger partial charge in [-0.15, -0.1) is 0 Å². The van der Waals surface area contributed by atoms with E-state index in [4.69, 9.17) is 11.6 Å². The van der Waals surface area contributed by atoms with Crippen LogP contribution in [0.25, 0.3) is 0 Å². The number of halogens is 1. The molecular formula is C19H24ClN5O. The maximum absolute atomic E-state index is 12.8. The summed E-state index contributed by atoms with van der Waals surface area (Å²) in [6.45, 7) is 5.61. The van der Waals surface area contributed by atoms with Crippen molar-refractivity contribution < 1.29 is 4.79 Å². The molecule has 2 heterocycles. The second-order valence-electron chi connectivity index (χ2n) is 7.08. The van der Waals surface area contributed by atoms with Gasteiger partial charge in [0.1, 0.15) is 16.9 Å². The van der Waals surface area contributed by atoms with E-state index in [0.29, 0.717) is 34.3 Å². The quantitative estimate of drug-likeness (QED) is 0.559. The third kappa shape index (κ3) is 3.48. The number of aromatic nitrogens is 1. The average Bonchev–Trinajstić information content (AvgIpc) is 3.01. The molecule has 4 unspecified atom stereocenters. The first-order chi connectivity index (χ1) is 12.5. The van der Waals surface area contributed by atoms with Crippen LogP contribution in [0.5, 0.6) is 0 Å². The van der Waals surface area contributed by atoms with Gasteiger partial charge in [-0.1, -0.05) is 23.8 Å². The number of hydrogen-bond acceptors (Lipinski definition) is 5. The van der Waals surface area contributed by atoms with Gasteiger partial charge in [0.2, 0.25) is 0 Å². The Labute approximate surface area is 159 Å². The minimum absolute atomic E-state index is 0.0850. The lowest BCUT2D eigenvalue weighted by molar-refractivity contribution is 0.0910. The Bertz CT molecular complexity index is 785. The van der Waals surface area contributed by atoms with Gasteiger partial charge in [-0.05, 0) is 57.1 Å². The molecule has 1 aromatic rings. The molecular weight excluding hydrogens is 350 g/mol. The zero-order chi connectivity index (χ0) is 18.8. The molecule has 7 heteroatoms. The highest BCUT2D eigenvalue weighted by Gasteiger charge is 2.39. The van der Waals surface area contributed by atoms with Crippen molar-refractivity contribution in [3.05, 3.63) is 39.7 Å². The number of nitrogens with zero attached hydrogens (tertiary/aromatic N) is 2. The zero-order valence-electron chi connectivity index (χ0n) is 15.3. The van der Waals surface area contributed by atoms with Gasteiger partial charge in [0, 0.05) is 18.1 Å². The number of nitrogens with one attached hydrogen (secondary N) is 3. The first-order valence-electron chi connectivity index (χ1n) is 8.97. The highest BCUT2D eigenvalue weighted by atomic mass is 35.5. The minimum atomic E-state index is -0.220. The van der Waals surface area contributed by atoms with Crippen molar-refractivity contribution in [2.45, 2.75) is 58.2 Å². The number of rotatable bonds is 3. The highest BCUT2D eigenvalue weighted by molar-refractivity contribution is 6.30. The molecule has 1 aromatic heterocycles. The van der Waals surface area contributed by atoms with Gasteiger partial charge < -0.3 is 5.32 Å². The van der Waals surface area contributed by atoms with E-state index < -0.39 is 0 Å². The van der Waals surface area contributed by atoms with Gasteiger partial charge in [0.15, 0.2) is 0 Å². The molecule has 1 aliphatic heterocycles. The molecule has 4 atom stereocenters. The molecule has 0 spiro atoms. The number of allylic oxidation sites excluding steroid dienone is 1. The van der Waals surface area contributed by atoms with Crippen LogP contribution in [0.4, 0.5) is 0 Å². The third-order valence-electron chi connectivity index (χ3n) is 5.57. The smallest absolute Gasteiger partial charge is 0.270 e. The lowest BCUT2D eigenvalue weighted by Gasteiger charge is -2.33. The number of carbonyl (C=O) groups is 1. The molecule has 6 nitrogen and oxygen atoms in total.